The van der Waals surface area contributed by atoms with Crippen molar-refractivity contribution in [1.29, 1.82) is 0 Å². The maximum Gasteiger partial charge on any atom is 0.343 e. The van der Waals surface area contributed by atoms with E-state index in [1.54, 1.807) is 36.4 Å². The Kier molecular flexibility index (Phi) is 10.2. The molecule has 2 aromatic rings. The van der Waals surface area contributed by atoms with Gasteiger partial charge in [-0.15, -0.1) is 0 Å². The number of methoxy groups -OCH3 is 1. The fourth-order valence-corrected chi connectivity index (χ4v) is 2.72. The second kappa shape index (κ2) is 13.1. The molecule has 0 aliphatic carbocycles. The summed E-state index contributed by atoms with van der Waals surface area (Å²) in [5.41, 5.74) is 4.49. The van der Waals surface area contributed by atoms with Crippen molar-refractivity contribution in [2.45, 2.75) is 26.7 Å². The highest BCUT2D eigenvalue weighted by atomic mass is 35.5. The highest BCUT2D eigenvalue weighted by molar-refractivity contribution is 6.31. The smallest absolute Gasteiger partial charge is 0.343 e. The summed E-state index contributed by atoms with van der Waals surface area (Å²) in [4.78, 5) is 35.3. The topological polar surface area (TPSA) is 115 Å². The number of anilines is 1. The standard InChI is InChI=1S/C23H26ClN3O6/c1-4-32-20-11-16(6-8-19(20)33-14-23(30)31-3)13-25-27-22(29)10-9-21(28)26-17-7-5-15(2)18(24)12-17/h5-8,11-13H,4,9-10,14H2,1-3H3,(H,26,28)(H,27,29). The Hall–Kier alpha value is -3.59. The number of aryl methyl sites for hydroxylation is 1. The van der Waals surface area contributed by atoms with E-state index in [2.05, 4.69) is 20.6 Å². The number of amides is 2. The number of esters is 1. The normalized spacial score (nSPS) is 10.5. The first-order valence-corrected chi connectivity index (χ1v) is 10.5. The van der Waals surface area contributed by atoms with Gasteiger partial charge in [-0.25, -0.2) is 10.2 Å². The highest BCUT2D eigenvalue weighted by Gasteiger charge is 2.10. The predicted octanol–water partition coefficient (Wildman–Crippen LogP) is 3.47. The molecule has 0 radical (unpaired) electrons. The zero-order valence-electron chi connectivity index (χ0n) is 18.6. The van der Waals surface area contributed by atoms with Crippen LogP contribution in [0.1, 0.15) is 30.9 Å². The van der Waals surface area contributed by atoms with Gasteiger partial charge in [0.15, 0.2) is 18.1 Å². The van der Waals surface area contributed by atoms with Crippen molar-refractivity contribution in [1.82, 2.24) is 5.43 Å². The number of hydrogen-bond acceptors (Lipinski definition) is 7. The van der Waals surface area contributed by atoms with Crippen LogP contribution in [0.25, 0.3) is 0 Å². The van der Waals surface area contributed by atoms with Crippen molar-refractivity contribution < 1.29 is 28.6 Å². The molecule has 0 aliphatic heterocycles. The van der Waals surface area contributed by atoms with Crippen LogP contribution < -0.4 is 20.2 Å². The zero-order valence-corrected chi connectivity index (χ0v) is 19.4. The first kappa shape index (κ1) is 25.7. The van der Waals surface area contributed by atoms with Crippen LogP contribution in [0.5, 0.6) is 11.5 Å². The van der Waals surface area contributed by atoms with E-state index in [9.17, 15) is 14.4 Å². The summed E-state index contributed by atoms with van der Waals surface area (Å²) in [5, 5.41) is 7.15. The van der Waals surface area contributed by atoms with Gasteiger partial charge in [-0.05, 0) is 55.3 Å². The van der Waals surface area contributed by atoms with Gasteiger partial charge in [0.25, 0.3) is 0 Å². The maximum absolute atomic E-state index is 12.0. The molecule has 2 N–H and O–H groups in total. The average Bonchev–Trinajstić information content (AvgIpc) is 2.79. The lowest BCUT2D eigenvalue weighted by molar-refractivity contribution is -0.143. The molecular formula is C23H26ClN3O6. The van der Waals surface area contributed by atoms with Crippen molar-refractivity contribution in [2.24, 2.45) is 5.10 Å². The van der Waals surface area contributed by atoms with E-state index in [0.717, 1.165) is 5.56 Å². The van der Waals surface area contributed by atoms with Crippen LogP contribution in [0, 0.1) is 6.92 Å². The third kappa shape index (κ3) is 8.82. The predicted molar refractivity (Wildman–Crippen MR) is 125 cm³/mol. The van der Waals surface area contributed by atoms with Gasteiger partial charge in [-0.2, -0.15) is 5.10 Å². The molecule has 176 valence electrons. The Balaban J connectivity index is 1.84. The molecule has 0 bridgehead atoms. The van der Waals surface area contributed by atoms with E-state index in [1.165, 1.54) is 13.3 Å². The molecule has 0 aromatic heterocycles. The molecule has 2 amide bonds. The molecule has 0 spiro atoms. The van der Waals surface area contributed by atoms with Crippen LogP contribution in [0.3, 0.4) is 0 Å². The zero-order chi connectivity index (χ0) is 24.2. The minimum absolute atomic E-state index is 0.00638. The van der Waals surface area contributed by atoms with Gasteiger partial charge < -0.3 is 19.5 Å². The van der Waals surface area contributed by atoms with Crippen LogP contribution in [-0.4, -0.2) is 44.3 Å². The fraction of sp³-hybridized carbons (Fsp3) is 0.304. The quantitative estimate of drug-likeness (QED) is 0.292. The molecule has 2 aromatic carbocycles. The molecule has 0 unspecified atom stereocenters. The summed E-state index contributed by atoms with van der Waals surface area (Å²) in [6, 6.07) is 10.2. The monoisotopic (exact) mass is 475 g/mol. The van der Waals surface area contributed by atoms with E-state index in [0.29, 0.717) is 34.4 Å². The fourth-order valence-electron chi connectivity index (χ4n) is 2.54. The van der Waals surface area contributed by atoms with E-state index in [1.807, 2.05) is 13.8 Å². The maximum atomic E-state index is 12.0. The Morgan fingerprint density at radius 2 is 1.79 bits per heavy atom. The lowest BCUT2D eigenvalue weighted by atomic mass is 10.2. The number of ether oxygens (including phenoxy) is 3. The van der Waals surface area contributed by atoms with Gasteiger partial charge in [0.2, 0.25) is 11.8 Å². The largest absolute Gasteiger partial charge is 0.490 e. The summed E-state index contributed by atoms with van der Waals surface area (Å²) in [6.07, 6.45) is 1.39. The van der Waals surface area contributed by atoms with Crippen LogP contribution in [0.4, 0.5) is 5.69 Å². The Bertz CT molecular complexity index is 1030. The molecule has 0 heterocycles. The number of hydrogen-bond donors (Lipinski definition) is 2. The molecule has 33 heavy (non-hydrogen) atoms. The van der Waals surface area contributed by atoms with Crippen LogP contribution in [0.2, 0.25) is 5.02 Å². The minimum Gasteiger partial charge on any atom is -0.490 e. The van der Waals surface area contributed by atoms with Gasteiger partial charge in [0, 0.05) is 23.6 Å². The van der Waals surface area contributed by atoms with Crippen molar-refractivity contribution in [3.63, 3.8) is 0 Å². The van der Waals surface area contributed by atoms with Crippen molar-refractivity contribution >= 4 is 41.3 Å². The first-order valence-electron chi connectivity index (χ1n) is 10.2. The van der Waals surface area contributed by atoms with Gasteiger partial charge >= 0.3 is 5.97 Å². The van der Waals surface area contributed by atoms with Crippen LogP contribution in [0.15, 0.2) is 41.5 Å². The molecular weight excluding hydrogens is 450 g/mol. The number of carbonyl (C=O) groups is 3. The van der Waals surface area contributed by atoms with E-state index < -0.39 is 11.9 Å². The Morgan fingerprint density at radius 1 is 1.03 bits per heavy atom. The molecule has 0 fully saturated rings. The molecule has 0 atom stereocenters. The summed E-state index contributed by atoms with van der Waals surface area (Å²) >= 11 is 6.04. The van der Waals surface area contributed by atoms with E-state index in [4.69, 9.17) is 21.1 Å². The van der Waals surface area contributed by atoms with Gasteiger partial charge in [-0.3, -0.25) is 9.59 Å². The first-order chi connectivity index (χ1) is 15.8. The number of nitrogens with zero attached hydrogens (tertiary/aromatic N) is 1. The van der Waals surface area contributed by atoms with Gasteiger partial charge in [0.1, 0.15) is 0 Å². The van der Waals surface area contributed by atoms with Crippen molar-refractivity contribution in [3.8, 4) is 11.5 Å². The van der Waals surface area contributed by atoms with Crippen molar-refractivity contribution in [3.05, 3.63) is 52.5 Å². The molecule has 10 heteroatoms. The molecule has 0 saturated carbocycles. The highest BCUT2D eigenvalue weighted by Crippen LogP contribution is 2.28. The number of nitrogens with one attached hydrogen (secondary N) is 2. The van der Waals surface area contributed by atoms with Crippen molar-refractivity contribution in [2.75, 3.05) is 25.6 Å². The molecule has 2 rings (SSSR count). The number of carbonyl (C=O) groups excluding carboxylic acids is 3. The second-order valence-electron chi connectivity index (χ2n) is 6.81. The average molecular weight is 476 g/mol. The minimum atomic E-state index is -0.512. The van der Waals surface area contributed by atoms with Crippen LogP contribution in [-0.2, 0) is 19.1 Å². The second-order valence-corrected chi connectivity index (χ2v) is 7.22. The third-order valence-electron chi connectivity index (χ3n) is 4.28. The van der Waals surface area contributed by atoms with Crippen LogP contribution >= 0.6 is 11.6 Å². The summed E-state index contributed by atoms with van der Waals surface area (Å²) < 4.78 is 15.5. The Morgan fingerprint density at radius 3 is 2.48 bits per heavy atom. The Labute approximate surface area is 197 Å². The number of benzene rings is 2. The van der Waals surface area contributed by atoms with Gasteiger partial charge in [0.05, 0.1) is 19.9 Å². The lowest BCUT2D eigenvalue weighted by Gasteiger charge is -2.11. The molecule has 0 aliphatic rings. The van der Waals surface area contributed by atoms with Gasteiger partial charge in [-0.1, -0.05) is 17.7 Å². The lowest BCUT2D eigenvalue weighted by Crippen LogP contribution is -2.20. The van der Waals surface area contributed by atoms with E-state index in [-0.39, 0.29) is 25.4 Å². The summed E-state index contributed by atoms with van der Waals surface area (Å²) in [5.74, 6) is -0.430. The molecule has 0 saturated heterocycles. The number of halogens is 1. The molecule has 9 nitrogen and oxygen atoms in total. The summed E-state index contributed by atoms with van der Waals surface area (Å²) in [6.45, 7) is 3.83. The summed E-state index contributed by atoms with van der Waals surface area (Å²) in [7, 11) is 1.27. The number of hydrazone groups is 1. The number of rotatable bonds is 11. The van der Waals surface area contributed by atoms with E-state index >= 15 is 0 Å². The SMILES string of the molecule is CCOc1cc(C=NNC(=O)CCC(=O)Nc2ccc(C)c(Cl)c2)ccc1OCC(=O)OC. The third-order valence-corrected chi connectivity index (χ3v) is 4.69.